The molecule has 2 N–H and O–H groups in total. The van der Waals surface area contributed by atoms with E-state index in [0.717, 1.165) is 5.69 Å². The average Bonchev–Trinajstić information content (AvgIpc) is 2.48. The fourth-order valence-corrected chi connectivity index (χ4v) is 2.21. The maximum absolute atomic E-state index is 10.2. The Bertz CT molecular complexity index is 495. The van der Waals surface area contributed by atoms with Gasteiger partial charge in [-0.1, -0.05) is 62.4 Å². The minimum atomic E-state index is -0.309. The number of nitrogens with one attached hydrogen (secondary N) is 1. The lowest BCUT2D eigenvalue weighted by molar-refractivity contribution is 0.110. The van der Waals surface area contributed by atoms with Gasteiger partial charge >= 0.3 is 0 Å². The molecule has 2 aromatic rings. The number of hydrogen-bond donors (Lipinski definition) is 2. The zero-order chi connectivity index (χ0) is 14.4. The molecule has 0 aliphatic carbocycles. The summed E-state index contributed by atoms with van der Waals surface area (Å²) in [5, 5.41) is 13.7. The Morgan fingerprint density at radius 3 is 2.00 bits per heavy atom. The van der Waals surface area contributed by atoms with Gasteiger partial charge in [-0.2, -0.15) is 0 Å². The molecule has 0 radical (unpaired) electrons. The van der Waals surface area contributed by atoms with Gasteiger partial charge in [0.2, 0.25) is 0 Å². The zero-order valence-electron chi connectivity index (χ0n) is 12.2. The second kappa shape index (κ2) is 7.11. The van der Waals surface area contributed by atoms with Crippen LogP contribution in [0.15, 0.2) is 60.7 Å². The van der Waals surface area contributed by atoms with Gasteiger partial charge in [-0.15, -0.1) is 0 Å². The van der Waals surface area contributed by atoms with Crippen molar-refractivity contribution in [3.63, 3.8) is 0 Å². The summed E-state index contributed by atoms with van der Waals surface area (Å²) < 4.78 is 0. The third-order valence-electron chi connectivity index (χ3n) is 3.56. The van der Waals surface area contributed by atoms with E-state index in [1.807, 2.05) is 36.4 Å². The molecule has 2 atom stereocenters. The van der Waals surface area contributed by atoms with Crippen LogP contribution in [0.5, 0.6) is 0 Å². The summed E-state index contributed by atoms with van der Waals surface area (Å²) >= 11 is 0. The molecule has 0 spiro atoms. The first-order valence-corrected chi connectivity index (χ1v) is 7.21. The molecule has 106 valence electrons. The predicted octanol–water partition coefficient (Wildman–Crippen LogP) is 4.25. The molecule has 0 aliphatic heterocycles. The van der Waals surface area contributed by atoms with Crippen molar-refractivity contribution in [2.75, 3.05) is 5.32 Å². The van der Waals surface area contributed by atoms with E-state index in [9.17, 15) is 5.11 Å². The highest BCUT2D eigenvalue weighted by atomic mass is 16.3. The average molecular weight is 269 g/mol. The first-order valence-electron chi connectivity index (χ1n) is 7.21. The molecule has 2 aromatic carbocycles. The third-order valence-corrected chi connectivity index (χ3v) is 3.56. The Morgan fingerprint density at radius 1 is 0.900 bits per heavy atom. The number of aliphatic hydroxyl groups is 1. The van der Waals surface area contributed by atoms with Crippen molar-refractivity contribution in [1.82, 2.24) is 0 Å². The number of hydrogen-bond acceptors (Lipinski definition) is 2. The number of benzene rings is 2. The van der Waals surface area contributed by atoms with Crippen molar-refractivity contribution in [1.29, 1.82) is 0 Å². The van der Waals surface area contributed by atoms with Crippen LogP contribution in [-0.4, -0.2) is 11.2 Å². The number of anilines is 1. The summed E-state index contributed by atoms with van der Waals surface area (Å²) in [4.78, 5) is 0. The first kappa shape index (κ1) is 14.6. The molecule has 0 saturated carbocycles. The van der Waals surface area contributed by atoms with Crippen LogP contribution in [0.3, 0.4) is 0 Å². The summed E-state index contributed by atoms with van der Waals surface area (Å²) in [6.07, 6.45) is 0.396. The van der Waals surface area contributed by atoms with E-state index in [4.69, 9.17) is 0 Å². The van der Waals surface area contributed by atoms with E-state index in [2.05, 4.69) is 43.4 Å². The van der Waals surface area contributed by atoms with Crippen molar-refractivity contribution in [3.8, 4) is 0 Å². The number of aliphatic hydroxyl groups excluding tert-OH is 1. The highest BCUT2D eigenvalue weighted by molar-refractivity contribution is 5.45. The Kier molecular flexibility index (Phi) is 5.19. The lowest BCUT2D eigenvalue weighted by Crippen LogP contribution is -2.22. The molecule has 2 unspecified atom stereocenters. The molecule has 0 aromatic heterocycles. The van der Waals surface area contributed by atoms with E-state index in [1.165, 1.54) is 5.56 Å². The van der Waals surface area contributed by atoms with Gasteiger partial charge in [0, 0.05) is 5.69 Å². The van der Waals surface area contributed by atoms with Crippen LogP contribution in [0.2, 0.25) is 0 Å². The molecule has 0 fully saturated rings. The largest absolute Gasteiger partial charge is 0.393 e. The molecular weight excluding hydrogens is 246 g/mol. The van der Waals surface area contributed by atoms with Crippen molar-refractivity contribution >= 4 is 5.69 Å². The van der Waals surface area contributed by atoms with Gasteiger partial charge < -0.3 is 10.4 Å². The van der Waals surface area contributed by atoms with Crippen LogP contribution in [0.25, 0.3) is 0 Å². The fraction of sp³-hybridized carbons (Fsp3) is 0.333. The SMILES string of the molecule is CC(C)C(O)CC(Nc1ccccc1)c1ccccc1. The van der Waals surface area contributed by atoms with Crippen molar-refractivity contribution in [2.45, 2.75) is 32.4 Å². The summed E-state index contributed by atoms with van der Waals surface area (Å²) in [5.41, 5.74) is 2.29. The lowest BCUT2D eigenvalue weighted by Gasteiger charge is -2.25. The van der Waals surface area contributed by atoms with Crippen LogP contribution >= 0.6 is 0 Å². The molecule has 0 heterocycles. The van der Waals surface area contributed by atoms with Crippen molar-refractivity contribution < 1.29 is 5.11 Å². The highest BCUT2D eigenvalue weighted by Gasteiger charge is 2.18. The van der Waals surface area contributed by atoms with E-state index in [0.29, 0.717) is 6.42 Å². The molecule has 2 heteroatoms. The highest BCUT2D eigenvalue weighted by Crippen LogP contribution is 2.25. The standard InChI is InChI=1S/C18H23NO/c1-14(2)18(20)13-17(15-9-5-3-6-10-15)19-16-11-7-4-8-12-16/h3-12,14,17-20H,13H2,1-2H3. The second-order valence-electron chi connectivity index (χ2n) is 5.52. The van der Waals surface area contributed by atoms with E-state index >= 15 is 0 Å². The zero-order valence-corrected chi connectivity index (χ0v) is 12.2. The van der Waals surface area contributed by atoms with Gasteiger partial charge in [-0.05, 0) is 30.0 Å². The van der Waals surface area contributed by atoms with Crippen LogP contribution in [0, 0.1) is 5.92 Å². The summed E-state index contributed by atoms with van der Waals surface area (Å²) in [6.45, 7) is 4.10. The van der Waals surface area contributed by atoms with Gasteiger partial charge in [0.15, 0.2) is 0 Å². The fourth-order valence-electron chi connectivity index (χ4n) is 2.21. The van der Waals surface area contributed by atoms with Gasteiger partial charge in [0.25, 0.3) is 0 Å². The van der Waals surface area contributed by atoms with Gasteiger partial charge in [0.05, 0.1) is 12.1 Å². The number of rotatable bonds is 6. The Hall–Kier alpha value is -1.80. The normalized spacial score (nSPS) is 14.0. The predicted molar refractivity (Wildman–Crippen MR) is 84.7 cm³/mol. The minimum absolute atomic E-state index is 0.121. The maximum atomic E-state index is 10.2. The molecule has 20 heavy (non-hydrogen) atoms. The lowest BCUT2D eigenvalue weighted by atomic mass is 9.95. The van der Waals surface area contributed by atoms with Crippen LogP contribution in [0.4, 0.5) is 5.69 Å². The van der Waals surface area contributed by atoms with Gasteiger partial charge in [-0.3, -0.25) is 0 Å². The quantitative estimate of drug-likeness (QED) is 0.821. The van der Waals surface area contributed by atoms with E-state index < -0.39 is 0 Å². The van der Waals surface area contributed by atoms with Crippen molar-refractivity contribution in [3.05, 3.63) is 66.2 Å². The minimum Gasteiger partial charge on any atom is -0.393 e. The monoisotopic (exact) mass is 269 g/mol. The van der Waals surface area contributed by atoms with E-state index in [-0.39, 0.29) is 18.1 Å². The Morgan fingerprint density at radius 2 is 1.45 bits per heavy atom. The molecule has 2 nitrogen and oxygen atoms in total. The summed E-state index contributed by atoms with van der Waals surface area (Å²) in [7, 11) is 0. The van der Waals surface area contributed by atoms with Crippen LogP contribution < -0.4 is 5.32 Å². The smallest absolute Gasteiger partial charge is 0.0586 e. The topological polar surface area (TPSA) is 32.3 Å². The maximum Gasteiger partial charge on any atom is 0.0586 e. The van der Waals surface area contributed by atoms with Crippen molar-refractivity contribution in [2.24, 2.45) is 5.92 Å². The summed E-state index contributed by atoms with van der Waals surface area (Å²) in [5.74, 6) is 0.263. The first-order chi connectivity index (χ1) is 9.66. The molecule has 0 amide bonds. The second-order valence-corrected chi connectivity index (χ2v) is 5.52. The third kappa shape index (κ3) is 4.10. The molecule has 2 rings (SSSR count). The van der Waals surface area contributed by atoms with Crippen LogP contribution in [0.1, 0.15) is 31.9 Å². The Labute approximate surface area is 121 Å². The molecule has 0 bridgehead atoms. The molecule has 0 aliphatic rings. The van der Waals surface area contributed by atoms with Gasteiger partial charge in [0.1, 0.15) is 0 Å². The summed E-state index contributed by atoms with van der Waals surface area (Å²) in [6, 6.07) is 20.6. The van der Waals surface area contributed by atoms with E-state index in [1.54, 1.807) is 0 Å². The van der Waals surface area contributed by atoms with Gasteiger partial charge in [-0.25, -0.2) is 0 Å². The van der Waals surface area contributed by atoms with Crippen LogP contribution in [-0.2, 0) is 0 Å². The Balaban J connectivity index is 2.16. The molecule has 0 saturated heterocycles. The number of para-hydroxylation sites is 1. The molecular formula is C18H23NO.